The van der Waals surface area contributed by atoms with Crippen LogP contribution in [-0.2, 0) is 5.41 Å². The van der Waals surface area contributed by atoms with Crippen molar-refractivity contribution in [1.82, 2.24) is 0 Å². The number of anilines is 3. The lowest BCUT2D eigenvalue weighted by molar-refractivity contribution is 0.716. The molecule has 10 rings (SSSR count). The number of thioether (sulfide) groups is 1. The second-order valence-electron chi connectivity index (χ2n) is 14.5. The van der Waals surface area contributed by atoms with E-state index in [0.717, 1.165) is 28.4 Å². The van der Waals surface area contributed by atoms with Gasteiger partial charge in [0.2, 0.25) is 0 Å². The molecule has 1 aliphatic carbocycles. The standard InChI is InChI=1S/C52H39NS2/c1-4-15-46-35(3)41-20-8-11-23-47(41)52(46)33-54-49-24-12-9-21-42(49)34(2)45-31-37(26-29-48(45)52)36-16-14-19-39(30-36)53(38-17-6-5-7-18-38)40-27-28-44-43-22-10-13-25-50(43)55-51(44)32-40/h4-32H,2,33H2,1,3H3/b15-4-. The second kappa shape index (κ2) is 13.5. The highest BCUT2D eigenvalue weighted by molar-refractivity contribution is 7.99. The Morgan fingerprint density at radius 2 is 1.27 bits per heavy atom. The van der Waals surface area contributed by atoms with Crippen molar-refractivity contribution in [2.75, 3.05) is 10.7 Å². The van der Waals surface area contributed by atoms with Gasteiger partial charge in [0.25, 0.3) is 0 Å². The first-order valence-corrected chi connectivity index (χ1v) is 20.7. The molecule has 3 heteroatoms. The summed E-state index contributed by atoms with van der Waals surface area (Å²) in [5.74, 6) is 0.906. The minimum atomic E-state index is -0.320. The molecule has 0 bridgehead atoms. The van der Waals surface area contributed by atoms with Gasteiger partial charge in [-0.05, 0) is 124 Å². The summed E-state index contributed by atoms with van der Waals surface area (Å²) in [6, 6.07) is 60.3. The van der Waals surface area contributed by atoms with Crippen molar-refractivity contribution in [1.29, 1.82) is 0 Å². The first-order valence-electron chi connectivity index (χ1n) is 18.9. The lowest BCUT2D eigenvalue weighted by Gasteiger charge is -2.38. The number of nitrogens with zero attached hydrogens (tertiary/aromatic N) is 1. The van der Waals surface area contributed by atoms with E-state index >= 15 is 0 Å². The molecule has 8 aromatic rings. The van der Waals surface area contributed by atoms with E-state index in [1.165, 1.54) is 75.2 Å². The third-order valence-corrected chi connectivity index (χ3v) is 13.9. The average molecular weight is 742 g/mol. The van der Waals surface area contributed by atoms with E-state index in [-0.39, 0.29) is 5.41 Å². The van der Waals surface area contributed by atoms with Gasteiger partial charge in [-0.25, -0.2) is 0 Å². The Labute approximate surface area is 331 Å². The van der Waals surface area contributed by atoms with Gasteiger partial charge in [0.15, 0.2) is 0 Å². The fourth-order valence-corrected chi connectivity index (χ4v) is 11.5. The number of hydrogen-bond donors (Lipinski definition) is 0. The number of benzene rings is 7. The smallest absolute Gasteiger partial charge is 0.0559 e. The first-order chi connectivity index (χ1) is 27.0. The Hall–Kier alpha value is -5.87. The summed E-state index contributed by atoms with van der Waals surface area (Å²) in [6.45, 7) is 9.28. The number of rotatable bonds is 5. The van der Waals surface area contributed by atoms with Crippen molar-refractivity contribution in [3.05, 3.63) is 216 Å². The van der Waals surface area contributed by atoms with Crippen LogP contribution >= 0.6 is 23.1 Å². The Morgan fingerprint density at radius 1 is 0.582 bits per heavy atom. The van der Waals surface area contributed by atoms with Crippen molar-refractivity contribution >= 4 is 71.5 Å². The van der Waals surface area contributed by atoms with E-state index in [1.54, 1.807) is 0 Å². The molecule has 55 heavy (non-hydrogen) atoms. The van der Waals surface area contributed by atoms with Crippen molar-refractivity contribution in [3.8, 4) is 11.1 Å². The molecule has 0 fully saturated rings. The normalized spacial score (nSPS) is 16.4. The van der Waals surface area contributed by atoms with Crippen LogP contribution in [0.1, 0.15) is 41.7 Å². The molecule has 0 saturated carbocycles. The minimum absolute atomic E-state index is 0.320. The molecule has 0 N–H and O–H groups in total. The van der Waals surface area contributed by atoms with Gasteiger partial charge in [-0.15, -0.1) is 23.1 Å². The summed E-state index contributed by atoms with van der Waals surface area (Å²) in [5.41, 5.74) is 15.7. The van der Waals surface area contributed by atoms with E-state index in [4.69, 9.17) is 6.58 Å². The Bertz CT molecular complexity index is 2870. The SMILES string of the molecule is C=C1c2ccccc2SCC2(C(/C=C\C)=C(C)c3ccccc32)c2ccc(-c3cccc(N(c4ccccc4)c4ccc5c(c4)sc4ccccc45)c3)cc21. The summed E-state index contributed by atoms with van der Waals surface area (Å²) in [6.07, 6.45) is 4.55. The van der Waals surface area contributed by atoms with Crippen LogP contribution in [0.4, 0.5) is 17.1 Å². The predicted molar refractivity (Wildman–Crippen MR) is 239 cm³/mol. The predicted octanol–water partition coefficient (Wildman–Crippen LogP) is 15.0. The van der Waals surface area contributed by atoms with E-state index in [1.807, 2.05) is 23.1 Å². The molecule has 2 aliphatic rings. The summed E-state index contributed by atoms with van der Waals surface area (Å²) in [7, 11) is 0. The van der Waals surface area contributed by atoms with E-state index in [0.29, 0.717) is 0 Å². The van der Waals surface area contributed by atoms with Crippen LogP contribution < -0.4 is 4.90 Å². The van der Waals surface area contributed by atoms with Gasteiger partial charge in [-0.1, -0.05) is 128 Å². The molecule has 264 valence electrons. The largest absolute Gasteiger partial charge is 0.310 e. The van der Waals surface area contributed by atoms with Crippen molar-refractivity contribution < 1.29 is 0 Å². The molecule has 0 radical (unpaired) electrons. The zero-order valence-corrected chi connectivity index (χ0v) is 32.6. The summed E-state index contributed by atoms with van der Waals surface area (Å²) in [4.78, 5) is 3.66. The second-order valence-corrected chi connectivity index (χ2v) is 16.6. The van der Waals surface area contributed by atoms with Crippen molar-refractivity contribution in [2.45, 2.75) is 24.2 Å². The lowest BCUT2D eigenvalue weighted by atomic mass is 9.69. The van der Waals surface area contributed by atoms with E-state index in [2.05, 4.69) is 195 Å². The molecular formula is C52H39NS2. The molecule has 1 nitrogen and oxygen atoms in total. The number of para-hydroxylation sites is 1. The van der Waals surface area contributed by atoms with Gasteiger partial charge >= 0.3 is 0 Å². The summed E-state index contributed by atoms with van der Waals surface area (Å²) in [5, 5.41) is 2.62. The number of thiophene rings is 1. The quantitative estimate of drug-likeness (QED) is 0.173. The Morgan fingerprint density at radius 3 is 2.15 bits per heavy atom. The maximum absolute atomic E-state index is 4.84. The van der Waals surface area contributed by atoms with Crippen LogP contribution in [-0.4, -0.2) is 5.75 Å². The van der Waals surface area contributed by atoms with Crippen LogP contribution in [0.5, 0.6) is 0 Å². The zero-order valence-electron chi connectivity index (χ0n) is 30.9. The van der Waals surface area contributed by atoms with Gasteiger partial charge in [0, 0.05) is 47.9 Å². The molecule has 1 aliphatic heterocycles. The van der Waals surface area contributed by atoms with E-state index < -0.39 is 0 Å². The van der Waals surface area contributed by atoms with Crippen LogP contribution in [0.15, 0.2) is 193 Å². The molecule has 0 amide bonds. The minimum Gasteiger partial charge on any atom is -0.310 e. The first kappa shape index (κ1) is 33.7. The number of allylic oxidation sites excluding steroid dienone is 4. The van der Waals surface area contributed by atoms with Gasteiger partial charge in [0.1, 0.15) is 0 Å². The Balaban J connectivity index is 1.15. The molecule has 1 spiro atoms. The topological polar surface area (TPSA) is 3.24 Å². The highest BCUT2D eigenvalue weighted by Crippen LogP contribution is 2.57. The van der Waals surface area contributed by atoms with Crippen LogP contribution in [0.25, 0.3) is 42.4 Å². The maximum atomic E-state index is 4.84. The molecule has 1 atom stereocenters. The fourth-order valence-electron chi connectivity index (χ4n) is 8.97. The fraction of sp³-hybridized carbons (Fsp3) is 0.0769. The zero-order chi connectivity index (χ0) is 37.1. The van der Waals surface area contributed by atoms with Gasteiger partial charge < -0.3 is 4.90 Å². The highest BCUT2D eigenvalue weighted by Gasteiger charge is 2.46. The van der Waals surface area contributed by atoms with E-state index in [9.17, 15) is 0 Å². The number of fused-ring (bicyclic) bond motifs is 8. The summed E-state index contributed by atoms with van der Waals surface area (Å²) >= 11 is 3.81. The lowest BCUT2D eigenvalue weighted by Crippen LogP contribution is -2.33. The number of hydrogen-bond acceptors (Lipinski definition) is 3. The van der Waals surface area contributed by atoms with Crippen LogP contribution in [0, 0.1) is 0 Å². The van der Waals surface area contributed by atoms with Crippen molar-refractivity contribution in [3.63, 3.8) is 0 Å². The molecular weight excluding hydrogens is 703 g/mol. The maximum Gasteiger partial charge on any atom is 0.0559 e. The van der Waals surface area contributed by atoms with Gasteiger partial charge in [-0.2, -0.15) is 0 Å². The third-order valence-electron chi connectivity index (χ3n) is 11.5. The van der Waals surface area contributed by atoms with Gasteiger partial charge in [0.05, 0.1) is 5.41 Å². The Kier molecular flexibility index (Phi) is 8.24. The average Bonchev–Trinajstić information content (AvgIpc) is 3.72. The molecule has 0 saturated heterocycles. The molecule has 1 aromatic heterocycles. The summed E-state index contributed by atoms with van der Waals surface area (Å²) < 4.78 is 2.61. The third kappa shape index (κ3) is 5.37. The molecule has 2 heterocycles. The highest BCUT2D eigenvalue weighted by atomic mass is 32.2. The van der Waals surface area contributed by atoms with Crippen LogP contribution in [0.2, 0.25) is 0 Å². The molecule has 1 unspecified atom stereocenters. The monoisotopic (exact) mass is 741 g/mol. The molecule has 7 aromatic carbocycles. The van der Waals surface area contributed by atoms with Gasteiger partial charge in [-0.3, -0.25) is 0 Å². The van der Waals surface area contributed by atoms with Crippen LogP contribution in [0.3, 0.4) is 0 Å². The van der Waals surface area contributed by atoms with Crippen molar-refractivity contribution in [2.24, 2.45) is 0 Å².